The van der Waals surface area contributed by atoms with Crippen molar-refractivity contribution < 1.29 is 9.59 Å². The van der Waals surface area contributed by atoms with Gasteiger partial charge < -0.3 is 11.1 Å². The fourth-order valence-electron chi connectivity index (χ4n) is 0.811. The molecule has 70 valence electrons. The van der Waals surface area contributed by atoms with Crippen LogP contribution in [0.25, 0.3) is 0 Å². The van der Waals surface area contributed by atoms with E-state index in [1.54, 1.807) is 6.07 Å². The predicted molar refractivity (Wildman–Crippen MR) is 50.6 cm³/mol. The smallest absolute Gasteiger partial charge is 0.261 e. The van der Waals surface area contributed by atoms with Gasteiger partial charge in [0.15, 0.2) is 0 Å². The summed E-state index contributed by atoms with van der Waals surface area (Å²) in [7, 11) is 0. The van der Waals surface area contributed by atoms with Gasteiger partial charge in [0, 0.05) is 4.88 Å². The van der Waals surface area contributed by atoms with Gasteiger partial charge in [0.2, 0.25) is 5.91 Å². The lowest BCUT2D eigenvalue weighted by Crippen LogP contribution is -2.32. The maximum absolute atomic E-state index is 11.3. The van der Waals surface area contributed by atoms with Crippen molar-refractivity contribution in [2.75, 3.05) is 6.54 Å². The molecule has 1 heterocycles. The topological polar surface area (TPSA) is 72.2 Å². The molecule has 0 unspecified atom stereocenters. The van der Waals surface area contributed by atoms with Crippen LogP contribution in [0.15, 0.2) is 12.1 Å². The zero-order valence-electron chi connectivity index (χ0n) is 7.16. The highest BCUT2D eigenvalue weighted by atomic mass is 32.1. The van der Waals surface area contributed by atoms with Crippen molar-refractivity contribution in [2.45, 2.75) is 6.92 Å². The van der Waals surface area contributed by atoms with Crippen LogP contribution in [0.2, 0.25) is 0 Å². The fraction of sp³-hybridized carbons (Fsp3) is 0.250. The first kappa shape index (κ1) is 9.73. The van der Waals surface area contributed by atoms with Gasteiger partial charge in [0.05, 0.1) is 11.4 Å². The summed E-state index contributed by atoms with van der Waals surface area (Å²) in [6.45, 7) is 1.80. The SMILES string of the molecule is Cc1ccc(C(=O)NCC(N)=O)s1. The number of thiophene rings is 1. The molecule has 0 spiro atoms. The Kier molecular flexibility index (Phi) is 3.02. The molecule has 0 aromatic carbocycles. The van der Waals surface area contributed by atoms with Crippen molar-refractivity contribution in [3.63, 3.8) is 0 Å². The number of rotatable bonds is 3. The van der Waals surface area contributed by atoms with Crippen molar-refractivity contribution in [3.8, 4) is 0 Å². The summed E-state index contributed by atoms with van der Waals surface area (Å²) < 4.78 is 0. The second-order valence-electron chi connectivity index (χ2n) is 2.56. The minimum absolute atomic E-state index is 0.115. The van der Waals surface area contributed by atoms with Crippen LogP contribution < -0.4 is 11.1 Å². The standard InChI is InChI=1S/C8H10N2O2S/c1-5-2-3-6(13-5)8(12)10-4-7(9)11/h2-3H,4H2,1H3,(H2,9,11)(H,10,12). The van der Waals surface area contributed by atoms with Gasteiger partial charge in [-0.1, -0.05) is 0 Å². The summed E-state index contributed by atoms with van der Waals surface area (Å²) in [6.07, 6.45) is 0. The first-order valence-corrected chi connectivity index (χ1v) is 4.54. The van der Waals surface area contributed by atoms with E-state index in [9.17, 15) is 9.59 Å². The van der Waals surface area contributed by atoms with Crippen LogP contribution in [0.5, 0.6) is 0 Å². The van der Waals surface area contributed by atoms with Crippen LogP contribution in [-0.4, -0.2) is 18.4 Å². The highest BCUT2D eigenvalue weighted by Gasteiger charge is 2.07. The Morgan fingerprint density at radius 3 is 2.69 bits per heavy atom. The van der Waals surface area contributed by atoms with Crippen molar-refractivity contribution in [3.05, 3.63) is 21.9 Å². The van der Waals surface area contributed by atoms with E-state index in [4.69, 9.17) is 5.73 Å². The van der Waals surface area contributed by atoms with Crippen LogP contribution in [0.1, 0.15) is 14.5 Å². The lowest BCUT2D eigenvalue weighted by molar-refractivity contribution is -0.117. The minimum atomic E-state index is -0.540. The normalized spacial score (nSPS) is 9.62. The molecule has 1 aromatic heterocycles. The van der Waals surface area contributed by atoms with Crippen molar-refractivity contribution in [1.82, 2.24) is 5.32 Å². The third-order valence-electron chi connectivity index (χ3n) is 1.39. The molecule has 1 aromatic rings. The van der Waals surface area contributed by atoms with Gasteiger partial charge in [-0.25, -0.2) is 0 Å². The molecule has 0 aliphatic rings. The summed E-state index contributed by atoms with van der Waals surface area (Å²) in [5.41, 5.74) is 4.87. The quantitative estimate of drug-likeness (QED) is 0.731. The van der Waals surface area contributed by atoms with E-state index in [2.05, 4.69) is 5.32 Å². The first-order valence-electron chi connectivity index (χ1n) is 3.72. The Morgan fingerprint density at radius 2 is 2.23 bits per heavy atom. The molecule has 0 bridgehead atoms. The Labute approximate surface area is 79.7 Å². The summed E-state index contributed by atoms with van der Waals surface area (Å²) in [5, 5.41) is 2.41. The number of aryl methyl sites for hydroxylation is 1. The molecule has 5 heteroatoms. The van der Waals surface area contributed by atoms with E-state index < -0.39 is 5.91 Å². The van der Waals surface area contributed by atoms with Gasteiger partial charge in [0.1, 0.15) is 0 Å². The Morgan fingerprint density at radius 1 is 1.54 bits per heavy atom. The molecule has 13 heavy (non-hydrogen) atoms. The fourth-order valence-corrected chi connectivity index (χ4v) is 1.59. The molecule has 0 aliphatic carbocycles. The van der Waals surface area contributed by atoms with Crippen LogP contribution in [0.3, 0.4) is 0 Å². The van der Waals surface area contributed by atoms with Gasteiger partial charge in [-0.15, -0.1) is 11.3 Å². The predicted octanol–water partition coefficient (Wildman–Crippen LogP) is 0.272. The monoisotopic (exact) mass is 198 g/mol. The van der Waals surface area contributed by atoms with Crippen molar-refractivity contribution in [2.24, 2.45) is 5.73 Å². The average molecular weight is 198 g/mol. The van der Waals surface area contributed by atoms with Gasteiger partial charge >= 0.3 is 0 Å². The van der Waals surface area contributed by atoms with Crippen LogP contribution in [-0.2, 0) is 4.79 Å². The number of carbonyl (C=O) groups excluding carboxylic acids is 2. The molecule has 3 N–H and O–H groups in total. The van der Waals surface area contributed by atoms with E-state index in [1.807, 2.05) is 13.0 Å². The number of carbonyl (C=O) groups is 2. The molecular formula is C8H10N2O2S. The molecule has 0 saturated carbocycles. The number of hydrogen-bond donors (Lipinski definition) is 2. The van der Waals surface area contributed by atoms with Gasteiger partial charge in [0.25, 0.3) is 5.91 Å². The highest BCUT2D eigenvalue weighted by Crippen LogP contribution is 2.14. The lowest BCUT2D eigenvalue weighted by Gasteiger charge is -1.98. The Bertz CT molecular complexity index is 333. The van der Waals surface area contributed by atoms with Gasteiger partial charge in [-0.2, -0.15) is 0 Å². The summed E-state index contributed by atoms with van der Waals surface area (Å²) >= 11 is 1.38. The van der Waals surface area contributed by atoms with E-state index in [1.165, 1.54) is 11.3 Å². The minimum Gasteiger partial charge on any atom is -0.368 e. The molecule has 0 radical (unpaired) electrons. The Balaban J connectivity index is 2.54. The molecular weight excluding hydrogens is 188 g/mol. The van der Waals surface area contributed by atoms with Crippen LogP contribution >= 0.6 is 11.3 Å². The van der Waals surface area contributed by atoms with Gasteiger partial charge in [-0.05, 0) is 19.1 Å². The van der Waals surface area contributed by atoms with Crippen molar-refractivity contribution >= 4 is 23.2 Å². The number of nitrogens with two attached hydrogens (primary N) is 1. The zero-order chi connectivity index (χ0) is 9.84. The molecule has 2 amide bonds. The highest BCUT2D eigenvalue weighted by molar-refractivity contribution is 7.13. The van der Waals surface area contributed by atoms with Crippen LogP contribution in [0.4, 0.5) is 0 Å². The van der Waals surface area contributed by atoms with Gasteiger partial charge in [-0.3, -0.25) is 9.59 Å². The summed E-state index contributed by atoms with van der Waals surface area (Å²) in [6, 6.07) is 3.57. The maximum atomic E-state index is 11.3. The second kappa shape index (κ2) is 4.04. The average Bonchev–Trinajstić information content (AvgIpc) is 2.47. The maximum Gasteiger partial charge on any atom is 0.261 e. The third kappa shape index (κ3) is 2.87. The summed E-state index contributed by atoms with van der Waals surface area (Å²) in [4.78, 5) is 23.3. The largest absolute Gasteiger partial charge is 0.368 e. The first-order chi connectivity index (χ1) is 6.09. The van der Waals surface area contributed by atoms with Crippen molar-refractivity contribution in [1.29, 1.82) is 0 Å². The molecule has 4 nitrogen and oxygen atoms in total. The van der Waals surface area contributed by atoms with E-state index in [0.29, 0.717) is 4.88 Å². The third-order valence-corrected chi connectivity index (χ3v) is 2.39. The summed E-state index contributed by atoms with van der Waals surface area (Å²) in [5.74, 6) is -0.793. The van der Waals surface area contributed by atoms with Crippen LogP contribution in [0, 0.1) is 6.92 Å². The molecule has 0 fully saturated rings. The lowest BCUT2D eigenvalue weighted by atomic mass is 10.4. The number of nitrogens with one attached hydrogen (secondary N) is 1. The second-order valence-corrected chi connectivity index (χ2v) is 3.85. The molecule has 0 saturated heterocycles. The number of hydrogen-bond acceptors (Lipinski definition) is 3. The van der Waals surface area contributed by atoms with E-state index in [-0.39, 0.29) is 12.5 Å². The molecule has 0 atom stereocenters. The zero-order valence-corrected chi connectivity index (χ0v) is 7.98. The molecule has 0 aliphatic heterocycles. The van der Waals surface area contributed by atoms with E-state index in [0.717, 1.165) is 4.88 Å². The number of amides is 2. The molecule has 1 rings (SSSR count). The van der Waals surface area contributed by atoms with E-state index >= 15 is 0 Å². The number of primary amides is 1. The Hall–Kier alpha value is -1.36.